The molecule has 2 fully saturated rings. The Kier molecular flexibility index (Phi) is 2.64. The van der Waals surface area contributed by atoms with Gasteiger partial charge in [0, 0.05) is 28.8 Å². The predicted octanol–water partition coefficient (Wildman–Crippen LogP) is 2.33. The molecule has 1 aliphatic heterocycles. The molecule has 3 nitrogen and oxygen atoms in total. The Hall–Kier alpha value is -0.610. The first-order chi connectivity index (χ1) is 7.78. The van der Waals surface area contributed by atoms with Crippen LogP contribution in [0.3, 0.4) is 0 Å². The number of nitrogens with zero attached hydrogens (tertiary/aromatic N) is 2. The molecule has 0 radical (unpaired) electrons. The highest BCUT2D eigenvalue weighted by Crippen LogP contribution is 2.40. The van der Waals surface area contributed by atoms with E-state index in [1.54, 1.807) is 0 Å². The fraction of sp³-hybridized carbons (Fsp3) is 0.583. The van der Waals surface area contributed by atoms with E-state index in [0.717, 1.165) is 28.3 Å². The van der Waals surface area contributed by atoms with Crippen molar-refractivity contribution in [1.29, 1.82) is 0 Å². The van der Waals surface area contributed by atoms with Gasteiger partial charge in [-0.2, -0.15) is 0 Å². The van der Waals surface area contributed by atoms with Gasteiger partial charge in [-0.15, -0.1) is 0 Å². The standard InChI is InChI=1S/C12H15BrN2O/c13-10-4-9(7-16)12(14-5-10)15-6-8-1-2-11(15)3-8/h4-5,8,11,16H,1-3,6-7H2. The third-order valence-electron chi connectivity index (χ3n) is 3.76. The highest BCUT2D eigenvalue weighted by atomic mass is 79.9. The molecule has 2 unspecified atom stereocenters. The summed E-state index contributed by atoms with van der Waals surface area (Å²) < 4.78 is 0.935. The zero-order valence-corrected chi connectivity index (χ0v) is 10.7. The monoisotopic (exact) mass is 282 g/mol. The number of aromatic nitrogens is 1. The molecule has 2 atom stereocenters. The summed E-state index contributed by atoms with van der Waals surface area (Å²) in [6.45, 7) is 1.18. The van der Waals surface area contributed by atoms with E-state index in [1.165, 1.54) is 19.3 Å². The van der Waals surface area contributed by atoms with Gasteiger partial charge in [-0.1, -0.05) is 0 Å². The van der Waals surface area contributed by atoms with E-state index in [0.29, 0.717) is 6.04 Å². The number of hydrogen-bond acceptors (Lipinski definition) is 3. The minimum absolute atomic E-state index is 0.0651. The topological polar surface area (TPSA) is 36.4 Å². The molecule has 16 heavy (non-hydrogen) atoms. The Morgan fingerprint density at radius 1 is 1.50 bits per heavy atom. The van der Waals surface area contributed by atoms with Crippen LogP contribution in [0.1, 0.15) is 24.8 Å². The van der Waals surface area contributed by atoms with Crippen LogP contribution in [0.5, 0.6) is 0 Å². The van der Waals surface area contributed by atoms with Crippen LogP contribution in [-0.2, 0) is 6.61 Å². The van der Waals surface area contributed by atoms with Crippen molar-refractivity contribution in [2.75, 3.05) is 11.4 Å². The van der Waals surface area contributed by atoms with Crippen LogP contribution >= 0.6 is 15.9 Å². The summed E-state index contributed by atoms with van der Waals surface area (Å²) in [5.41, 5.74) is 0.932. The number of anilines is 1. The molecule has 3 rings (SSSR count). The molecule has 2 aliphatic rings. The number of piperidine rings is 1. The molecular formula is C12H15BrN2O. The minimum atomic E-state index is 0.0651. The lowest BCUT2D eigenvalue weighted by atomic mass is 10.1. The van der Waals surface area contributed by atoms with Crippen molar-refractivity contribution in [3.8, 4) is 0 Å². The lowest BCUT2D eigenvalue weighted by Gasteiger charge is -2.29. The van der Waals surface area contributed by atoms with Crippen LogP contribution in [0.2, 0.25) is 0 Å². The Labute approximate surface area is 104 Å². The first-order valence-corrected chi connectivity index (χ1v) is 6.59. The third kappa shape index (κ3) is 1.64. The normalized spacial score (nSPS) is 27.8. The number of rotatable bonds is 2. The van der Waals surface area contributed by atoms with E-state index < -0.39 is 0 Å². The molecule has 86 valence electrons. The quantitative estimate of drug-likeness (QED) is 0.905. The summed E-state index contributed by atoms with van der Waals surface area (Å²) in [6.07, 6.45) is 5.78. The van der Waals surface area contributed by atoms with Gasteiger partial charge in [0.1, 0.15) is 5.82 Å². The molecule has 0 spiro atoms. The van der Waals surface area contributed by atoms with Crippen molar-refractivity contribution >= 4 is 21.7 Å². The van der Waals surface area contributed by atoms with Crippen molar-refractivity contribution < 1.29 is 5.11 Å². The highest BCUT2D eigenvalue weighted by Gasteiger charge is 2.38. The van der Waals surface area contributed by atoms with E-state index >= 15 is 0 Å². The molecule has 1 saturated heterocycles. The fourth-order valence-electron chi connectivity index (χ4n) is 3.03. The zero-order valence-electron chi connectivity index (χ0n) is 9.06. The summed E-state index contributed by atoms with van der Waals surface area (Å²) >= 11 is 3.39. The second-order valence-electron chi connectivity index (χ2n) is 4.78. The van der Waals surface area contributed by atoms with Crippen molar-refractivity contribution in [2.45, 2.75) is 31.9 Å². The van der Waals surface area contributed by atoms with Crippen molar-refractivity contribution in [1.82, 2.24) is 4.98 Å². The third-order valence-corrected chi connectivity index (χ3v) is 4.19. The van der Waals surface area contributed by atoms with Gasteiger partial charge in [0.15, 0.2) is 0 Å². The van der Waals surface area contributed by atoms with E-state index in [4.69, 9.17) is 0 Å². The number of aliphatic hydroxyl groups is 1. The van der Waals surface area contributed by atoms with Gasteiger partial charge in [-0.3, -0.25) is 0 Å². The second kappa shape index (κ2) is 4.00. The predicted molar refractivity (Wildman–Crippen MR) is 66.3 cm³/mol. The zero-order chi connectivity index (χ0) is 11.1. The maximum Gasteiger partial charge on any atom is 0.134 e. The summed E-state index contributed by atoms with van der Waals surface area (Å²) in [5.74, 6) is 1.83. The van der Waals surface area contributed by atoms with Gasteiger partial charge in [0.2, 0.25) is 0 Å². The van der Waals surface area contributed by atoms with Gasteiger partial charge >= 0.3 is 0 Å². The number of pyridine rings is 1. The van der Waals surface area contributed by atoms with Crippen molar-refractivity contribution in [3.05, 3.63) is 22.3 Å². The smallest absolute Gasteiger partial charge is 0.134 e. The number of hydrogen-bond donors (Lipinski definition) is 1. The van der Waals surface area contributed by atoms with Gasteiger partial charge in [0.25, 0.3) is 0 Å². The average Bonchev–Trinajstić information content (AvgIpc) is 2.90. The summed E-state index contributed by atoms with van der Waals surface area (Å²) in [7, 11) is 0. The van der Waals surface area contributed by atoms with Crippen LogP contribution in [0.15, 0.2) is 16.7 Å². The fourth-order valence-corrected chi connectivity index (χ4v) is 3.41. The van der Waals surface area contributed by atoms with Crippen molar-refractivity contribution in [2.24, 2.45) is 5.92 Å². The first kappa shape index (κ1) is 10.5. The van der Waals surface area contributed by atoms with Crippen LogP contribution in [0, 0.1) is 5.92 Å². The van der Waals surface area contributed by atoms with Crippen LogP contribution in [0.4, 0.5) is 5.82 Å². The molecule has 0 amide bonds. The Balaban J connectivity index is 1.94. The van der Waals surface area contributed by atoms with E-state index in [9.17, 15) is 5.11 Å². The van der Waals surface area contributed by atoms with Crippen LogP contribution < -0.4 is 4.90 Å². The maximum atomic E-state index is 9.39. The Morgan fingerprint density at radius 3 is 3.00 bits per heavy atom. The Morgan fingerprint density at radius 2 is 2.38 bits per heavy atom. The van der Waals surface area contributed by atoms with Gasteiger partial charge in [0.05, 0.1) is 6.61 Å². The van der Waals surface area contributed by atoms with Gasteiger partial charge in [-0.25, -0.2) is 4.98 Å². The van der Waals surface area contributed by atoms with E-state index in [2.05, 4.69) is 25.8 Å². The second-order valence-corrected chi connectivity index (χ2v) is 5.70. The first-order valence-electron chi connectivity index (χ1n) is 5.80. The molecule has 2 bridgehead atoms. The summed E-state index contributed by atoms with van der Waals surface area (Å²) in [5, 5.41) is 9.39. The lowest BCUT2D eigenvalue weighted by molar-refractivity contribution is 0.281. The lowest BCUT2D eigenvalue weighted by Crippen LogP contribution is -2.33. The molecule has 1 saturated carbocycles. The molecule has 1 N–H and O–H groups in total. The maximum absolute atomic E-state index is 9.39. The van der Waals surface area contributed by atoms with Crippen LogP contribution in [0.25, 0.3) is 0 Å². The molecule has 1 aliphatic carbocycles. The van der Waals surface area contributed by atoms with Gasteiger partial charge in [-0.05, 0) is 47.2 Å². The van der Waals surface area contributed by atoms with Crippen LogP contribution in [-0.4, -0.2) is 22.7 Å². The Bertz CT molecular complexity index is 410. The van der Waals surface area contributed by atoms with E-state index in [-0.39, 0.29) is 6.61 Å². The highest BCUT2D eigenvalue weighted by molar-refractivity contribution is 9.10. The van der Waals surface area contributed by atoms with Crippen molar-refractivity contribution in [3.63, 3.8) is 0 Å². The molecule has 1 aromatic rings. The number of aliphatic hydroxyl groups excluding tert-OH is 1. The molecule has 2 heterocycles. The SMILES string of the molecule is OCc1cc(Br)cnc1N1CC2CCC1C2. The van der Waals surface area contributed by atoms with Gasteiger partial charge < -0.3 is 10.0 Å². The molecule has 4 heteroatoms. The summed E-state index contributed by atoms with van der Waals surface area (Å²) in [4.78, 5) is 6.85. The molecule has 0 aromatic carbocycles. The number of fused-ring (bicyclic) bond motifs is 2. The number of halogens is 1. The minimum Gasteiger partial charge on any atom is -0.392 e. The van der Waals surface area contributed by atoms with E-state index in [1.807, 2.05) is 12.3 Å². The molecule has 1 aromatic heterocycles. The molecular weight excluding hydrogens is 268 g/mol. The average molecular weight is 283 g/mol. The summed E-state index contributed by atoms with van der Waals surface area (Å²) in [6, 6.07) is 2.62. The largest absolute Gasteiger partial charge is 0.392 e.